The Bertz CT molecular complexity index is 871. The van der Waals surface area contributed by atoms with Gasteiger partial charge in [-0.1, -0.05) is 23.7 Å². The number of benzene rings is 1. The summed E-state index contributed by atoms with van der Waals surface area (Å²) in [5.74, 6) is 0.575. The van der Waals surface area contributed by atoms with Crippen molar-refractivity contribution in [1.29, 1.82) is 0 Å². The highest BCUT2D eigenvalue weighted by atomic mass is 35.5. The van der Waals surface area contributed by atoms with Crippen LogP contribution >= 0.6 is 11.6 Å². The molecule has 0 aliphatic heterocycles. The molecule has 1 aromatic carbocycles. The molecule has 2 aromatic heterocycles. The Morgan fingerprint density at radius 1 is 1.18 bits per heavy atom. The number of nitrogens with zero attached hydrogens (tertiary/aromatic N) is 4. The molecular formula is C16H15ClN4O. The van der Waals surface area contributed by atoms with Gasteiger partial charge in [-0.25, -0.2) is 4.98 Å². The molecule has 0 unspecified atom stereocenters. The third-order valence-corrected chi connectivity index (χ3v) is 3.62. The number of halogens is 1. The number of rotatable bonds is 3. The molecule has 0 N–H and O–H groups in total. The Balaban J connectivity index is 2.21. The Hall–Kier alpha value is -2.40. The molecule has 0 saturated heterocycles. The van der Waals surface area contributed by atoms with Gasteiger partial charge in [-0.2, -0.15) is 4.98 Å². The Kier molecular flexibility index (Phi) is 3.81. The third kappa shape index (κ3) is 2.67. The van der Waals surface area contributed by atoms with Crippen LogP contribution < -0.4 is 10.5 Å². The molecule has 0 amide bonds. The molecular weight excluding hydrogens is 300 g/mol. The number of pyridine rings is 1. The van der Waals surface area contributed by atoms with Gasteiger partial charge in [0.25, 0.3) is 5.56 Å². The molecule has 6 heteroatoms. The van der Waals surface area contributed by atoms with Crippen LogP contribution in [0.15, 0.2) is 47.4 Å². The molecule has 22 heavy (non-hydrogen) atoms. The van der Waals surface area contributed by atoms with E-state index in [0.29, 0.717) is 28.5 Å². The van der Waals surface area contributed by atoms with Crippen LogP contribution in [0.25, 0.3) is 11.0 Å². The maximum atomic E-state index is 12.1. The molecule has 0 bridgehead atoms. The molecule has 0 aliphatic carbocycles. The molecule has 3 rings (SSSR count). The summed E-state index contributed by atoms with van der Waals surface area (Å²) in [5.41, 5.74) is 1.42. The van der Waals surface area contributed by atoms with Crippen molar-refractivity contribution in [3.63, 3.8) is 0 Å². The van der Waals surface area contributed by atoms with Gasteiger partial charge in [0, 0.05) is 25.3 Å². The number of aromatic nitrogens is 3. The summed E-state index contributed by atoms with van der Waals surface area (Å²) in [6, 6.07) is 11.1. The van der Waals surface area contributed by atoms with E-state index in [-0.39, 0.29) is 5.56 Å². The summed E-state index contributed by atoms with van der Waals surface area (Å²) < 4.78 is 1.93. The second-order valence-electron chi connectivity index (χ2n) is 5.20. The van der Waals surface area contributed by atoms with Gasteiger partial charge in [0.05, 0.1) is 11.9 Å². The van der Waals surface area contributed by atoms with Gasteiger partial charge in [-0.15, -0.1) is 0 Å². The fraction of sp³-hybridized carbons (Fsp3) is 0.188. The summed E-state index contributed by atoms with van der Waals surface area (Å²) in [4.78, 5) is 22.5. The molecule has 0 aliphatic rings. The van der Waals surface area contributed by atoms with E-state index in [1.54, 1.807) is 18.3 Å². The van der Waals surface area contributed by atoms with Crippen molar-refractivity contribution in [2.24, 2.45) is 0 Å². The minimum absolute atomic E-state index is 0.265. The van der Waals surface area contributed by atoms with Crippen molar-refractivity contribution in [2.45, 2.75) is 6.54 Å². The van der Waals surface area contributed by atoms with E-state index in [9.17, 15) is 4.79 Å². The van der Waals surface area contributed by atoms with E-state index in [1.165, 1.54) is 0 Å². The Morgan fingerprint density at radius 3 is 2.59 bits per heavy atom. The third-order valence-electron chi connectivity index (χ3n) is 3.37. The Labute approximate surface area is 132 Å². The summed E-state index contributed by atoms with van der Waals surface area (Å²) in [6.07, 6.45) is 1.68. The lowest BCUT2D eigenvalue weighted by Crippen LogP contribution is -2.25. The molecule has 0 saturated carbocycles. The molecule has 0 radical (unpaired) electrons. The maximum absolute atomic E-state index is 12.1. The standard InChI is InChI=1S/C16H15ClN4O/c1-20(2)16-19-15(22)13-4-3-9-18-14(13)21(16)10-11-5-7-12(17)8-6-11/h3-9H,10H2,1-2H3. The molecule has 2 heterocycles. The van der Waals surface area contributed by atoms with Gasteiger partial charge >= 0.3 is 0 Å². The lowest BCUT2D eigenvalue weighted by molar-refractivity contribution is 0.766. The second kappa shape index (κ2) is 5.77. The van der Waals surface area contributed by atoms with Gasteiger partial charge in [-0.05, 0) is 29.8 Å². The van der Waals surface area contributed by atoms with Crippen LogP contribution in [0.5, 0.6) is 0 Å². The zero-order valence-corrected chi connectivity index (χ0v) is 13.1. The summed E-state index contributed by atoms with van der Waals surface area (Å²) in [6.45, 7) is 0.561. The van der Waals surface area contributed by atoms with Crippen molar-refractivity contribution in [3.8, 4) is 0 Å². The van der Waals surface area contributed by atoms with Crippen LogP contribution in [0.3, 0.4) is 0 Å². The first-order valence-corrected chi connectivity index (χ1v) is 7.21. The van der Waals surface area contributed by atoms with Crippen molar-refractivity contribution in [1.82, 2.24) is 14.5 Å². The van der Waals surface area contributed by atoms with Crippen LogP contribution in [0.4, 0.5) is 5.95 Å². The van der Waals surface area contributed by atoms with Crippen LogP contribution in [0, 0.1) is 0 Å². The highest BCUT2D eigenvalue weighted by Crippen LogP contribution is 2.18. The first kappa shape index (κ1) is 14.5. The average molecular weight is 315 g/mol. The van der Waals surface area contributed by atoms with Crippen molar-refractivity contribution in [3.05, 3.63) is 63.5 Å². The van der Waals surface area contributed by atoms with E-state index >= 15 is 0 Å². The lowest BCUT2D eigenvalue weighted by atomic mass is 10.2. The van der Waals surface area contributed by atoms with E-state index < -0.39 is 0 Å². The SMILES string of the molecule is CN(C)c1nc(=O)c2cccnc2n1Cc1ccc(Cl)cc1. The maximum Gasteiger partial charge on any atom is 0.283 e. The topological polar surface area (TPSA) is 51.0 Å². The average Bonchev–Trinajstić information content (AvgIpc) is 2.52. The second-order valence-corrected chi connectivity index (χ2v) is 5.63. The predicted molar refractivity (Wildman–Crippen MR) is 88.7 cm³/mol. The first-order chi connectivity index (χ1) is 10.6. The van der Waals surface area contributed by atoms with E-state index in [0.717, 1.165) is 5.56 Å². The summed E-state index contributed by atoms with van der Waals surface area (Å²) in [5, 5.41) is 1.21. The van der Waals surface area contributed by atoms with E-state index in [4.69, 9.17) is 11.6 Å². The Morgan fingerprint density at radius 2 is 1.91 bits per heavy atom. The molecule has 0 spiro atoms. The van der Waals surface area contributed by atoms with Crippen LogP contribution in [-0.4, -0.2) is 28.6 Å². The van der Waals surface area contributed by atoms with Crippen molar-refractivity contribution in [2.75, 3.05) is 19.0 Å². The smallest absolute Gasteiger partial charge is 0.283 e. The normalized spacial score (nSPS) is 10.9. The van der Waals surface area contributed by atoms with E-state index in [2.05, 4.69) is 9.97 Å². The van der Waals surface area contributed by atoms with Gasteiger partial charge in [0.15, 0.2) is 0 Å². The predicted octanol–water partition coefficient (Wildman–Crippen LogP) is 2.56. The minimum atomic E-state index is -0.265. The van der Waals surface area contributed by atoms with Gasteiger partial charge in [0.1, 0.15) is 5.65 Å². The summed E-state index contributed by atoms with van der Waals surface area (Å²) in [7, 11) is 3.71. The largest absolute Gasteiger partial charge is 0.348 e. The number of anilines is 1. The van der Waals surface area contributed by atoms with Gasteiger partial charge in [-0.3, -0.25) is 9.36 Å². The van der Waals surface area contributed by atoms with Crippen LogP contribution in [0.1, 0.15) is 5.56 Å². The molecule has 112 valence electrons. The highest BCUT2D eigenvalue weighted by molar-refractivity contribution is 6.30. The molecule has 5 nitrogen and oxygen atoms in total. The first-order valence-electron chi connectivity index (χ1n) is 6.83. The lowest BCUT2D eigenvalue weighted by Gasteiger charge is -2.19. The van der Waals surface area contributed by atoms with Gasteiger partial charge < -0.3 is 4.90 Å². The molecule has 0 fully saturated rings. The quantitative estimate of drug-likeness (QED) is 0.745. The minimum Gasteiger partial charge on any atom is -0.348 e. The molecule has 3 aromatic rings. The van der Waals surface area contributed by atoms with Crippen LogP contribution in [0.2, 0.25) is 5.02 Å². The fourth-order valence-corrected chi connectivity index (χ4v) is 2.47. The monoisotopic (exact) mass is 314 g/mol. The number of hydrogen-bond donors (Lipinski definition) is 0. The van der Waals surface area contributed by atoms with E-state index in [1.807, 2.05) is 47.8 Å². The van der Waals surface area contributed by atoms with Gasteiger partial charge in [0.2, 0.25) is 5.95 Å². The van der Waals surface area contributed by atoms with Crippen molar-refractivity contribution >= 4 is 28.6 Å². The summed E-state index contributed by atoms with van der Waals surface area (Å²) >= 11 is 5.93. The van der Waals surface area contributed by atoms with Crippen molar-refractivity contribution < 1.29 is 0 Å². The molecule has 0 atom stereocenters. The number of hydrogen-bond acceptors (Lipinski definition) is 4. The number of fused-ring (bicyclic) bond motifs is 1. The fourth-order valence-electron chi connectivity index (χ4n) is 2.34. The zero-order chi connectivity index (χ0) is 15.7. The highest BCUT2D eigenvalue weighted by Gasteiger charge is 2.13. The zero-order valence-electron chi connectivity index (χ0n) is 12.3. The van der Waals surface area contributed by atoms with Crippen LogP contribution in [-0.2, 0) is 6.54 Å².